The topological polar surface area (TPSA) is 233 Å². The van der Waals surface area contributed by atoms with E-state index in [2.05, 4.69) is 18.7 Å². The Hall–Kier alpha value is -4.28. The first-order chi connectivity index (χ1) is 28.3. The first-order valence-corrected chi connectivity index (χ1v) is 21.4. The molecule has 0 saturated carbocycles. The smallest absolute Gasteiger partial charge is 0.716 e. The van der Waals surface area contributed by atoms with Crippen LogP contribution in [0.3, 0.4) is 0 Å². The Morgan fingerprint density at radius 2 is 0.967 bits per heavy atom. The second kappa shape index (κ2) is 21.2. The number of benzene rings is 4. The predicted octanol–water partition coefficient (Wildman–Crippen LogP) is -0.803. The van der Waals surface area contributed by atoms with Crippen LogP contribution in [0.4, 0.5) is 0 Å². The molecule has 3 aromatic heterocycles. The molecule has 4 aromatic carbocycles. The van der Waals surface area contributed by atoms with Crippen molar-refractivity contribution >= 4 is 42.6 Å². The molecule has 0 fully saturated rings. The number of aromatic nitrogens is 7. The number of nitrogens with zero attached hydrogens (tertiary/aromatic N) is 7. The predicted molar refractivity (Wildman–Crippen MR) is 215 cm³/mol. The van der Waals surface area contributed by atoms with Crippen molar-refractivity contribution in [2.24, 2.45) is 0 Å². The second-order valence-corrected chi connectivity index (χ2v) is 15.7. The van der Waals surface area contributed by atoms with Crippen LogP contribution in [-0.2, 0) is 40.4 Å². The van der Waals surface area contributed by atoms with Crippen LogP contribution in [-0.4, -0.2) is 60.0 Å². The molecule has 0 spiro atoms. The number of fused-ring (bicyclic) bond motifs is 2. The Kier molecular flexibility index (Phi) is 16.6. The number of rotatable bonds is 18. The van der Waals surface area contributed by atoms with Gasteiger partial charge < -0.3 is 17.5 Å². The van der Waals surface area contributed by atoms with E-state index in [0.29, 0.717) is 63.4 Å². The van der Waals surface area contributed by atoms with Crippen molar-refractivity contribution in [2.45, 2.75) is 64.6 Å². The molecule has 3 heterocycles. The minimum absolute atomic E-state index is 0. The summed E-state index contributed by atoms with van der Waals surface area (Å²) in [5.74, 6) is 0.457. The van der Waals surface area contributed by atoms with Gasteiger partial charge in [0.1, 0.15) is 28.8 Å². The van der Waals surface area contributed by atoms with Gasteiger partial charge in [-0.1, -0.05) is 61.6 Å². The van der Waals surface area contributed by atoms with Gasteiger partial charge in [-0.15, -0.1) is 5.10 Å². The Balaban J connectivity index is 0.00000352. The van der Waals surface area contributed by atoms with E-state index >= 15 is 0 Å². The Bertz CT molecular complexity index is 2960. The molecule has 17 nitrogen and oxygen atoms in total. The standard InChI is InChI=1S/C40H39N7O10S2.2Na/c48-39-33-12-6-8-14-35(33)41-37(28-16-20-31(21-17-28)56-58(50,51)52)46(39)25-11-5-3-1-2-4-10-24-45-26-30(43-44-45)27-47-38(42-36-15-9-7-13-34(36)40(47)49)29-18-22-32(23-19-29)57-59(53,54)55;;/h6-9,12-23,26H,1-5,10-11,24-25,27H2,(H,50,51,52)(H,53,54,55);;/q;2*+1/p-2. The van der Waals surface area contributed by atoms with Crippen LogP contribution in [0, 0.1) is 0 Å². The molecule has 61 heavy (non-hydrogen) atoms. The third-order valence-electron chi connectivity index (χ3n) is 9.52. The van der Waals surface area contributed by atoms with E-state index in [0.717, 1.165) is 44.9 Å². The van der Waals surface area contributed by atoms with Crippen LogP contribution in [0.1, 0.15) is 50.6 Å². The molecule has 0 bridgehead atoms. The third-order valence-corrected chi connectivity index (χ3v) is 10.3. The van der Waals surface area contributed by atoms with Gasteiger partial charge in [-0.05, 0) is 85.6 Å². The summed E-state index contributed by atoms with van der Waals surface area (Å²) in [7, 11) is -9.87. The molecule has 306 valence electrons. The zero-order chi connectivity index (χ0) is 41.6. The minimum atomic E-state index is -4.95. The summed E-state index contributed by atoms with van der Waals surface area (Å²) in [6.07, 6.45) is 8.24. The van der Waals surface area contributed by atoms with Crippen LogP contribution >= 0.6 is 0 Å². The van der Waals surface area contributed by atoms with Crippen molar-refractivity contribution in [3.63, 3.8) is 0 Å². The molecule has 21 heteroatoms. The molecule has 0 saturated heterocycles. The van der Waals surface area contributed by atoms with Crippen LogP contribution in [0.2, 0.25) is 0 Å². The van der Waals surface area contributed by atoms with Crippen molar-refractivity contribution in [1.29, 1.82) is 0 Å². The van der Waals surface area contributed by atoms with Crippen LogP contribution < -0.4 is 78.6 Å². The van der Waals surface area contributed by atoms with Gasteiger partial charge in [0.05, 0.1) is 34.5 Å². The van der Waals surface area contributed by atoms with E-state index in [1.807, 2.05) is 0 Å². The zero-order valence-electron chi connectivity index (χ0n) is 33.4. The number of hydrogen-bond acceptors (Lipinski definition) is 14. The Morgan fingerprint density at radius 1 is 0.541 bits per heavy atom. The number of aryl methyl sites for hydroxylation is 1. The van der Waals surface area contributed by atoms with Crippen LogP contribution in [0.5, 0.6) is 11.5 Å². The molecule has 0 aliphatic heterocycles. The van der Waals surface area contributed by atoms with Crippen LogP contribution in [0.25, 0.3) is 44.6 Å². The van der Waals surface area contributed by atoms with Gasteiger partial charge in [0.15, 0.2) is 0 Å². The molecule has 0 amide bonds. The molecular formula is C40H37N7Na2O10S2. The summed E-state index contributed by atoms with van der Waals surface area (Å²) in [6, 6.07) is 25.5. The van der Waals surface area contributed by atoms with Gasteiger partial charge in [-0.3, -0.25) is 23.4 Å². The summed E-state index contributed by atoms with van der Waals surface area (Å²) in [6.45, 7) is 1.15. The van der Waals surface area contributed by atoms with Gasteiger partial charge in [-0.25, -0.2) is 26.8 Å². The maximum absolute atomic E-state index is 13.7. The van der Waals surface area contributed by atoms with E-state index < -0.39 is 20.8 Å². The molecule has 0 radical (unpaired) electrons. The molecule has 0 unspecified atom stereocenters. The normalized spacial score (nSPS) is 11.6. The molecule has 7 rings (SSSR count). The minimum Gasteiger partial charge on any atom is -0.716 e. The largest absolute Gasteiger partial charge is 1.00 e. The molecular weight excluding hydrogens is 849 g/mol. The first kappa shape index (κ1) is 47.8. The van der Waals surface area contributed by atoms with E-state index in [9.17, 15) is 35.5 Å². The van der Waals surface area contributed by atoms with E-state index in [1.54, 1.807) is 76.1 Å². The maximum Gasteiger partial charge on any atom is 1.00 e. The molecule has 0 atom stereocenters. The molecule has 7 aromatic rings. The fourth-order valence-corrected chi connectivity index (χ4v) is 7.49. The van der Waals surface area contributed by atoms with Crippen molar-refractivity contribution in [3.05, 3.63) is 130 Å². The SMILES string of the molecule is O=c1c2ccccc2nc(-c2ccc(OS(=O)(=O)[O-])cc2)n1CCCCCCCCCn1cc(Cn2c(-c3ccc(OS(=O)(=O)[O-])cc3)nc3ccccc3c2=O)nn1.[Na+].[Na+]. The van der Waals surface area contributed by atoms with Gasteiger partial charge >= 0.3 is 59.1 Å². The quantitative estimate of drug-likeness (QED) is 0.0445. The summed E-state index contributed by atoms with van der Waals surface area (Å²) in [5.41, 5.74) is 2.18. The number of unbranched alkanes of at least 4 members (excludes halogenated alkanes) is 6. The summed E-state index contributed by atoms with van der Waals surface area (Å²) < 4.78 is 79.8. The first-order valence-electron chi connectivity index (χ1n) is 18.7. The van der Waals surface area contributed by atoms with Crippen LogP contribution in [0.15, 0.2) is 113 Å². The van der Waals surface area contributed by atoms with Gasteiger partial charge in [-0.2, -0.15) is 0 Å². The number of para-hydroxylation sites is 2. The second-order valence-electron chi connectivity index (χ2n) is 13.7. The summed E-state index contributed by atoms with van der Waals surface area (Å²) in [5, 5.41) is 9.48. The Labute approximate surface area is 395 Å². The molecule has 0 aliphatic rings. The van der Waals surface area contributed by atoms with E-state index in [4.69, 9.17) is 9.97 Å². The van der Waals surface area contributed by atoms with Crippen molar-refractivity contribution < 1.29 is 93.4 Å². The number of hydrogen-bond donors (Lipinski definition) is 0. The monoisotopic (exact) mass is 885 g/mol. The van der Waals surface area contributed by atoms with Crippen molar-refractivity contribution in [1.82, 2.24) is 34.1 Å². The maximum atomic E-state index is 13.7. The molecule has 0 aliphatic carbocycles. The van der Waals surface area contributed by atoms with Gasteiger partial charge in [0.25, 0.3) is 31.9 Å². The summed E-state index contributed by atoms with van der Waals surface area (Å²) >= 11 is 0. The van der Waals surface area contributed by atoms with Gasteiger partial charge in [0.2, 0.25) is 0 Å². The average molecular weight is 886 g/mol. The van der Waals surface area contributed by atoms with E-state index in [1.165, 1.54) is 41.0 Å². The fraction of sp³-hybridized carbons (Fsp3) is 0.250. The fourth-order valence-electron chi connectivity index (χ4n) is 6.80. The van der Waals surface area contributed by atoms with Gasteiger partial charge in [0, 0.05) is 24.2 Å². The van der Waals surface area contributed by atoms with Crippen molar-refractivity contribution in [3.8, 4) is 34.3 Å². The van der Waals surface area contributed by atoms with Crippen molar-refractivity contribution in [2.75, 3.05) is 0 Å². The molecule has 0 N–H and O–H groups in total. The summed E-state index contributed by atoms with van der Waals surface area (Å²) in [4.78, 5) is 36.6. The average Bonchev–Trinajstić information content (AvgIpc) is 3.65. The van der Waals surface area contributed by atoms with E-state index in [-0.39, 0.29) is 88.3 Å². The Morgan fingerprint density at radius 3 is 1.46 bits per heavy atom. The zero-order valence-corrected chi connectivity index (χ0v) is 39.0. The third kappa shape index (κ3) is 12.7.